The van der Waals surface area contributed by atoms with E-state index in [-0.39, 0.29) is 5.91 Å². The van der Waals surface area contributed by atoms with Gasteiger partial charge in [-0.25, -0.2) is 9.78 Å². The van der Waals surface area contributed by atoms with Gasteiger partial charge in [0.15, 0.2) is 0 Å². The zero-order valence-corrected chi connectivity index (χ0v) is 13.7. The Balaban J connectivity index is 2.00. The number of nitrogens with two attached hydrogens (primary N) is 1. The van der Waals surface area contributed by atoms with Crippen LogP contribution in [0.5, 0.6) is 0 Å². The van der Waals surface area contributed by atoms with Gasteiger partial charge in [-0.05, 0) is 17.5 Å². The molecule has 7 heteroatoms. The lowest BCUT2D eigenvalue weighted by atomic mass is 10.1. The first-order valence-electron chi connectivity index (χ1n) is 7.96. The molecule has 1 aromatic carbocycles. The molecule has 1 atom stereocenters. The molecule has 0 bridgehead atoms. The molecule has 3 amide bonds. The SMILES string of the molecule is CCC[C@@H](NC(N)=O)C(=O)NCc1ccccc1Cn1ccnc1. The van der Waals surface area contributed by atoms with Crippen LogP contribution in [0.3, 0.4) is 0 Å². The van der Waals surface area contributed by atoms with Crippen LogP contribution in [-0.4, -0.2) is 27.5 Å². The average molecular weight is 329 g/mol. The van der Waals surface area contributed by atoms with Gasteiger partial charge in [0, 0.05) is 25.5 Å². The molecule has 0 fully saturated rings. The van der Waals surface area contributed by atoms with Gasteiger partial charge in [0.1, 0.15) is 6.04 Å². The van der Waals surface area contributed by atoms with Gasteiger partial charge >= 0.3 is 6.03 Å². The van der Waals surface area contributed by atoms with Crippen molar-refractivity contribution < 1.29 is 9.59 Å². The normalized spacial score (nSPS) is 11.7. The quantitative estimate of drug-likeness (QED) is 0.682. The number of carbonyl (C=O) groups excluding carboxylic acids is 2. The third-order valence-electron chi connectivity index (χ3n) is 3.69. The molecule has 0 aliphatic carbocycles. The number of aromatic nitrogens is 2. The molecular weight excluding hydrogens is 306 g/mol. The van der Waals surface area contributed by atoms with Crippen LogP contribution in [0.25, 0.3) is 0 Å². The predicted molar refractivity (Wildman–Crippen MR) is 91.0 cm³/mol. The van der Waals surface area contributed by atoms with E-state index in [2.05, 4.69) is 15.6 Å². The monoisotopic (exact) mass is 329 g/mol. The summed E-state index contributed by atoms with van der Waals surface area (Å²) in [6.45, 7) is 3.03. The van der Waals surface area contributed by atoms with E-state index in [9.17, 15) is 9.59 Å². The lowest BCUT2D eigenvalue weighted by Crippen LogP contribution is -2.48. The number of hydrogen-bond donors (Lipinski definition) is 3. The minimum absolute atomic E-state index is 0.229. The Kier molecular flexibility index (Phi) is 6.36. The minimum Gasteiger partial charge on any atom is -0.352 e. The zero-order valence-electron chi connectivity index (χ0n) is 13.7. The Labute approximate surface area is 141 Å². The molecular formula is C17H23N5O2. The first kappa shape index (κ1) is 17.5. The molecule has 0 saturated carbocycles. The highest BCUT2D eigenvalue weighted by Gasteiger charge is 2.18. The van der Waals surface area contributed by atoms with E-state index in [1.165, 1.54) is 0 Å². The van der Waals surface area contributed by atoms with Crippen LogP contribution >= 0.6 is 0 Å². The van der Waals surface area contributed by atoms with Crippen molar-refractivity contribution in [3.63, 3.8) is 0 Å². The molecule has 4 N–H and O–H groups in total. The Morgan fingerprint density at radius 2 is 2.04 bits per heavy atom. The van der Waals surface area contributed by atoms with Gasteiger partial charge in [0.05, 0.1) is 6.33 Å². The third kappa shape index (κ3) is 5.12. The van der Waals surface area contributed by atoms with E-state index in [0.717, 1.165) is 17.5 Å². The van der Waals surface area contributed by atoms with Gasteiger partial charge in [-0.1, -0.05) is 37.6 Å². The second-order valence-electron chi connectivity index (χ2n) is 5.57. The number of imidazole rings is 1. The summed E-state index contributed by atoms with van der Waals surface area (Å²) in [5.41, 5.74) is 7.25. The van der Waals surface area contributed by atoms with Crippen LogP contribution in [0.2, 0.25) is 0 Å². The molecule has 0 spiro atoms. The van der Waals surface area contributed by atoms with Gasteiger partial charge in [0.25, 0.3) is 0 Å². The van der Waals surface area contributed by atoms with Crippen molar-refractivity contribution in [2.75, 3.05) is 0 Å². The number of carbonyl (C=O) groups is 2. The van der Waals surface area contributed by atoms with Gasteiger partial charge in [0.2, 0.25) is 5.91 Å². The second kappa shape index (κ2) is 8.71. The molecule has 128 valence electrons. The number of urea groups is 1. The van der Waals surface area contributed by atoms with E-state index in [0.29, 0.717) is 19.5 Å². The lowest BCUT2D eigenvalue weighted by Gasteiger charge is -2.17. The number of nitrogens with one attached hydrogen (secondary N) is 2. The maximum Gasteiger partial charge on any atom is 0.312 e. The van der Waals surface area contributed by atoms with Crippen molar-refractivity contribution >= 4 is 11.9 Å². The molecule has 1 heterocycles. The number of rotatable bonds is 8. The lowest BCUT2D eigenvalue weighted by molar-refractivity contribution is -0.123. The first-order valence-corrected chi connectivity index (χ1v) is 7.96. The minimum atomic E-state index is -0.691. The fourth-order valence-electron chi connectivity index (χ4n) is 2.50. The molecule has 24 heavy (non-hydrogen) atoms. The second-order valence-corrected chi connectivity index (χ2v) is 5.57. The molecule has 0 radical (unpaired) electrons. The van der Waals surface area contributed by atoms with Gasteiger partial charge in [-0.3, -0.25) is 4.79 Å². The van der Waals surface area contributed by atoms with Gasteiger partial charge in [-0.2, -0.15) is 0 Å². The Hall–Kier alpha value is -2.83. The summed E-state index contributed by atoms with van der Waals surface area (Å²) in [5, 5.41) is 5.36. The Morgan fingerprint density at radius 1 is 1.29 bits per heavy atom. The molecule has 1 aromatic heterocycles. The fourth-order valence-corrected chi connectivity index (χ4v) is 2.50. The summed E-state index contributed by atoms with van der Waals surface area (Å²) >= 11 is 0. The summed E-state index contributed by atoms with van der Waals surface area (Å²) < 4.78 is 1.97. The number of benzene rings is 1. The summed E-state index contributed by atoms with van der Waals surface area (Å²) in [6, 6.07) is 6.60. The molecule has 7 nitrogen and oxygen atoms in total. The summed E-state index contributed by atoms with van der Waals surface area (Å²) in [5.74, 6) is -0.229. The predicted octanol–water partition coefficient (Wildman–Crippen LogP) is 1.38. The smallest absolute Gasteiger partial charge is 0.312 e. The van der Waals surface area contributed by atoms with E-state index < -0.39 is 12.1 Å². The van der Waals surface area contributed by atoms with E-state index in [1.807, 2.05) is 42.0 Å². The largest absolute Gasteiger partial charge is 0.352 e. The summed E-state index contributed by atoms with van der Waals surface area (Å²) in [4.78, 5) is 27.3. The topological polar surface area (TPSA) is 102 Å². The van der Waals surface area contributed by atoms with Crippen molar-refractivity contribution in [1.29, 1.82) is 0 Å². The zero-order chi connectivity index (χ0) is 17.4. The van der Waals surface area contributed by atoms with E-state index in [1.54, 1.807) is 12.5 Å². The van der Waals surface area contributed by atoms with E-state index in [4.69, 9.17) is 5.73 Å². The highest BCUT2D eigenvalue weighted by Crippen LogP contribution is 2.11. The molecule has 2 aromatic rings. The van der Waals surface area contributed by atoms with Crippen LogP contribution in [0, 0.1) is 0 Å². The maximum atomic E-state index is 12.3. The van der Waals surface area contributed by atoms with Crippen LogP contribution in [-0.2, 0) is 17.9 Å². The van der Waals surface area contributed by atoms with Crippen LogP contribution < -0.4 is 16.4 Å². The Morgan fingerprint density at radius 3 is 2.67 bits per heavy atom. The molecule has 2 rings (SSSR count). The van der Waals surface area contributed by atoms with Crippen molar-refractivity contribution in [2.24, 2.45) is 5.73 Å². The molecule has 0 aliphatic heterocycles. The molecule has 0 unspecified atom stereocenters. The van der Waals surface area contributed by atoms with E-state index >= 15 is 0 Å². The van der Waals surface area contributed by atoms with Gasteiger partial charge < -0.3 is 20.9 Å². The van der Waals surface area contributed by atoms with Gasteiger partial charge in [-0.15, -0.1) is 0 Å². The highest BCUT2D eigenvalue weighted by atomic mass is 16.2. The number of amides is 3. The van der Waals surface area contributed by atoms with Crippen LogP contribution in [0.4, 0.5) is 4.79 Å². The van der Waals surface area contributed by atoms with Crippen molar-refractivity contribution in [1.82, 2.24) is 20.2 Å². The van der Waals surface area contributed by atoms with Crippen LogP contribution in [0.1, 0.15) is 30.9 Å². The Bertz CT molecular complexity index is 669. The van der Waals surface area contributed by atoms with Crippen molar-refractivity contribution in [3.8, 4) is 0 Å². The summed E-state index contributed by atoms with van der Waals surface area (Å²) in [7, 11) is 0. The number of hydrogen-bond acceptors (Lipinski definition) is 3. The average Bonchev–Trinajstić information content (AvgIpc) is 3.06. The third-order valence-corrected chi connectivity index (χ3v) is 3.69. The summed E-state index contributed by atoms with van der Waals surface area (Å²) in [6.07, 6.45) is 6.70. The van der Waals surface area contributed by atoms with Crippen LogP contribution in [0.15, 0.2) is 43.0 Å². The maximum absolute atomic E-state index is 12.3. The molecule has 0 saturated heterocycles. The molecule has 0 aliphatic rings. The standard InChI is InChI=1S/C17H23N5O2/c1-2-5-15(21-17(18)24)16(23)20-10-13-6-3-4-7-14(13)11-22-9-8-19-12-22/h3-4,6-9,12,15H,2,5,10-11H2,1H3,(H,20,23)(H3,18,21,24)/t15-/m1/s1. The highest BCUT2D eigenvalue weighted by molar-refractivity contribution is 5.86. The number of nitrogens with zero attached hydrogens (tertiary/aromatic N) is 2. The van der Waals surface area contributed by atoms with Crippen molar-refractivity contribution in [3.05, 3.63) is 54.1 Å². The number of primary amides is 1. The van der Waals surface area contributed by atoms with Crippen molar-refractivity contribution in [2.45, 2.75) is 38.9 Å². The first-order chi connectivity index (χ1) is 11.6. The fraction of sp³-hybridized carbons (Fsp3) is 0.353.